The molecule has 10 heteroatoms. The molecule has 2 aromatic carbocycles. The number of ether oxygens (including phenoxy) is 2. The number of rotatable bonds is 10. The van der Waals surface area contributed by atoms with Crippen LogP contribution in [-0.4, -0.2) is 28.4 Å². The molecular weight excluding hydrogens is 459 g/mol. The zero-order chi connectivity index (χ0) is 24.5. The second kappa shape index (κ2) is 11.9. The van der Waals surface area contributed by atoms with E-state index in [2.05, 4.69) is 9.73 Å². The van der Waals surface area contributed by atoms with Crippen molar-refractivity contribution in [2.45, 2.75) is 33.1 Å². The number of esters is 1. The van der Waals surface area contributed by atoms with Crippen LogP contribution in [0.3, 0.4) is 0 Å². The first-order valence-corrected chi connectivity index (χ1v) is 11.4. The molecular formula is C24H23N2O7P. The Labute approximate surface area is 197 Å². The van der Waals surface area contributed by atoms with Crippen LogP contribution in [-0.2, 0) is 22.7 Å². The second-order valence-corrected chi connectivity index (χ2v) is 8.09. The minimum absolute atomic E-state index is 0.0785. The molecule has 34 heavy (non-hydrogen) atoms. The van der Waals surface area contributed by atoms with Crippen LogP contribution in [0.5, 0.6) is 17.2 Å². The maximum absolute atomic E-state index is 12.4. The zero-order valence-corrected chi connectivity index (χ0v) is 19.5. The predicted octanol–water partition coefficient (Wildman–Crippen LogP) is 3.85. The molecule has 0 radical (unpaired) electrons. The van der Waals surface area contributed by atoms with Crippen molar-refractivity contribution in [2.24, 2.45) is 4.74 Å². The van der Waals surface area contributed by atoms with Crippen LogP contribution in [0.1, 0.15) is 34.1 Å². The van der Waals surface area contributed by atoms with Gasteiger partial charge in [0.1, 0.15) is 19.0 Å². The van der Waals surface area contributed by atoms with E-state index in [9.17, 15) is 19.6 Å². The number of hydrogen-bond donors (Lipinski definition) is 1. The minimum Gasteiger partial charge on any atom is -0.575 e. The van der Waals surface area contributed by atoms with Crippen molar-refractivity contribution in [2.75, 3.05) is 0 Å². The Morgan fingerprint density at radius 1 is 1.15 bits per heavy atom. The topological polar surface area (TPSA) is 130 Å². The zero-order valence-electron chi connectivity index (χ0n) is 18.6. The standard InChI is InChI=1S/C24H23N2O7P/c1-16-23(28)20(13-27)19(12-25-16)15-31-21-10-6-7-11-22(21)33-34(30)26-17(2)24(29)32-14-18-8-4-3-5-9-18/h3-13,17,28H,14-15H2,1-2H3/t17-/m0/s1. The number of benzene rings is 2. The van der Waals surface area contributed by atoms with Crippen LogP contribution in [0.4, 0.5) is 0 Å². The minimum atomic E-state index is -2.61. The van der Waals surface area contributed by atoms with Gasteiger partial charge in [-0.05, 0) is 31.5 Å². The third-order valence-corrected chi connectivity index (χ3v) is 5.60. The fourth-order valence-electron chi connectivity index (χ4n) is 2.84. The number of carbonyl (C=O) groups excluding carboxylic acids is 2. The lowest BCUT2D eigenvalue weighted by Gasteiger charge is -2.12. The predicted molar refractivity (Wildman–Crippen MR) is 122 cm³/mol. The van der Waals surface area contributed by atoms with E-state index in [0.717, 1.165) is 5.56 Å². The largest absolute Gasteiger partial charge is 0.575 e. The van der Waals surface area contributed by atoms with Crippen molar-refractivity contribution in [3.05, 3.63) is 83.2 Å². The number of para-hydroxylation sites is 2. The number of aromatic nitrogens is 1. The molecule has 1 N–H and O–H groups in total. The number of carbonyl (C=O) groups is 2. The first-order valence-electron chi connectivity index (χ1n) is 10.3. The van der Waals surface area contributed by atoms with E-state index in [1.165, 1.54) is 19.2 Å². The van der Waals surface area contributed by atoms with Gasteiger partial charge in [0.2, 0.25) is 5.75 Å². The first kappa shape index (κ1) is 24.8. The fraction of sp³-hybridized carbons (Fsp3) is 0.208. The normalized spacial score (nSPS) is 12.0. The SMILES string of the molecule is Cc1ncc(COc2ccccc2O[P+]([O-])=N[C@@H](C)C(=O)OCc2ccccc2)c(C=O)c1O. The molecule has 0 aliphatic heterocycles. The van der Waals surface area contributed by atoms with Gasteiger partial charge in [0.05, 0.1) is 11.3 Å². The molecule has 2 atom stereocenters. The highest BCUT2D eigenvalue weighted by Crippen LogP contribution is 2.34. The Kier molecular flexibility index (Phi) is 8.67. The molecule has 3 aromatic rings. The van der Waals surface area contributed by atoms with E-state index >= 15 is 0 Å². The molecule has 1 unspecified atom stereocenters. The molecule has 176 valence electrons. The fourth-order valence-corrected chi connectivity index (χ4v) is 3.59. The highest BCUT2D eigenvalue weighted by atomic mass is 31.1. The molecule has 0 bridgehead atoms. The lowest BCUT2D eigenvalue weighted by Crippen LogP contribution is -2.18. The van der Waals surface area contributed by atoms with Gasteiger partial charge < -0.3 is 19.5 Å². The van der Waals surface area contributed by atoms with E-state index in [-0.39, 0.29) is 36.0 Å². The van der Waals surface area contributed by atoms with E-state index in [1.807, 2.05) is 30.3 Å². The summed E-state index contributed by atoms with van der Waals surface area (Å²) >= 11 is 0. The summed E-state index contributed by atoms with van der Waals surface area (Å²) < 4.78 is 20.2. The Balaban J connectivity index is 1.63. The Hall–Kier alpha value is -3.81. The van der Waals surface area contributed by atoms with Gasteiger partial charge in [0.15, 0.2) is 18.1 Å². The molecule has 0 aliphatic carbocycles. The number of hydrogen-bond acceptors (Lipinski definition) is 9. The van der Waals surface area contributed by atoms with Crippen LogP contribution >= 0.6 is 8.17 Å². The summed E-state index contributed by atoms with van der Waals surface area (Å²) in [5.41, 5.74) is 1.60. The third kappa shape index (κ3) is 6.60. The summed E-state index contributed by atoms with van der Waals surface area (Å²) in [5, 5.41) is 10.0. The molecule has 3 rings (SSSR count). The van der Waals surface area contributed by atoms with Gasteiger partial charge in [-0.15, -0.1) is 0 Å². The smallest absolute Gasteiger partial charge is 0.395 e. The second-order valence-electron chi connectivity index (χ2n) is 7.20. The summed E-state index contributed by atoms with van der Waals surface area (Å²) in [6.45, 7) is 3.03. The van der Waals surface area contributed by atoms with E-state index < -0.39 is 20.2 Å². The Morgan fingerprint density at radius 3 is 2.53 bits per heavy atom. The number of aryl methyl sites for hydroxylation is 1. The number of pyridine rings is 1. The summed E-state index contributed by atoms with van der Waals surface area (Å²) in [6, 6.07) is 14.6. The molecule has 0 spiro atoms. The molecule has 0 fully saturated rings. The maximum Gasteiger partial charge on any atom is 0.395 e. The molecule has 1 heterocycles. The summed E-state index contributed by atoms with van der Waals surface area (Å²) in [4.78, 5) is 40.0. The molecule has 1 aromatic heterocycles. The van der Waals surface area contributed by atoms with E-state index in [0.29, 0.717) is 17.5 Å². The molecule has 0 aliphatic rings. The van der Waals surface area contributed by atoms with Gasteiger partial charge in [0.25, 0.3) is 0 Å². The van der Waals surface area contributed by atoms with Crippen molar-refractivity contribution in [1.29, 1.82) is 0 Å². The average Bonchev–Trinajstić information content (AvgIpc) is 2.84. The van der Waals surface area contributed by atoms with Crippen LogP contribution in [0, 0.1) is 6.92 Å². The van der Waals surface area contributed by atoms with Crippen LogP contribution in [0.25, 0.3) is 0 Å². The highest BCUT2D eigenvalue weighted by Gasteiger charge is 2.20. The van der Waals surface area contributed by atoms with Crippen molar-refractivity contribution in [3.63, 3.8) is 0 Å². The first-order chi connectivity index (χ1) is 16.4. The van der Waals surface area contributed by atoms with Crippen LogP contribution in [0.15, 0.2) is 65.5 Å². The van der Waals surface area contributed by atoms with Gasteiger partial charge in [-0.3, -0.25) is 14.3 Å². The molecule has 0 saturated heterocycles. The van der Waals surface area contributed by atoms with Crippen LogP contribution < -0.4 is 14.2 Å². The molecule has 0 amide bonds. The van der Waals surface area contributed by atoms with Crippen molar-refractivity contribution < 1.29 is 33.6 Å². The summed E-state index contributed by atoms with van der Waals surface area (Å²) in [7, 11) is -2.61. The maximum atomic E-state index is 12.4. The molecule has 0 saturated carbocycles. The van der Waals surface area contributed by atoms with Gasteiger partial charge in [-0.25, -0.2) is 4.79 Å². The van der Waals surface area contributed by atoms with E-state index in [4.69, 9.17) is 14.0 Å². The third-order valence-electron chi connectivity index (χ3n) is 4.72. The number of nitrogens with zero attached hydrogens (tertiary/aromatic N) is 2. The van der Waals surface area contributed by atoms with Gasteiger partial charge in [-0.1, -0.05) is 47.2 Å². The van der Waals surface area contributed by atoms with Gasteiger partial charge in [0, 0.05) is 11.8 Å². The van der Waals surface area contributed by atoms with E-state index in [1.54, 1.807) is 25.1 Å². The van der Waals surface area contributed by atoms with Crippen molar-refractivity contribution in [1.82, 2.24) is 4.98 Å². The van der Waals surface area contributed by atoms with Gasteiger partial charge >= 0.3 is 14.1 Å². The number of aldehydes is 1. The quantitative estimate of drug-likeness (QED) is 0.262. The Morgan fingerprint density at radius 2 is 1.82 bits per heavy atom. The Bertz CT molecular complexity index is 1190. The summed E-state index contributed by atoms with van der Waals surface area (Å²) in [5.74, 6) is -0.476. The number of aromatic hydroxyl groups is 1. The van der Waals surface area contributed by atoms with Crippen LogP contribution in [0.2, 0.25) is 0 Å². The van der Waals surface area contributed by atoms with Crippen molar-refractivity contribution in [3.8, 4) is 17.2 Å². The lowest BCUT2D eigenvalue weighted by atomic mass is 10.1. The summed E-state index contributed by atoms with van der Waals surface area (Å²) in [6.07, 6.45) is 1.96. The van der Waals surface area contributed by atoms with Gasteiger partial charge in [-0.2, -0.15) is 0 Å². The monoisotopic (exact) mass is 482 g/mol. The average molecular weight is 482 g/mol. The lowest BCUT2D eigenvalue weighted by molar-refractivity contribution is -0.169. The highest BCUT2D eigenvalue weighted by molar-refractivity contribution is 7.34. The van der Waals surface area contributed by atoms with Crippen molar-refractivity contribution >= 4 is 20.4 Å². The molecule has 9 nitrogen and oxygen atoms in total.